The summed E-state index contributed by atoms with van der Waals surface area (Å²) in [6.07, 6.45) is 0.666. The van der Waals surface area contributed by atoms with E-state index >= 15 is 0 Å². The van der Waals surface area contributed by atoms with Crippen molar-refractivity contribution in [2.45, 2.75) is 25.5 Å². The van der Waals surface area contributed by atoms with E-state index in [0.29, 0.717) is 12.2 Å². The van der Waals surface area contributed by atoms with Crippen LogP contribution in [-0.2, 0) is 4.79 Å². The summed E-state index contributed by atoms with van der Waals surface area (Å²) in [6, 6.07) is 17.4. The molecule has 4 rings (SSSR count). The summed E-state index contributed by atoms with van der Waals surface area (Å²) in [5.74, 6) is 1.49. The summed E-state index contributed by atoms with van der Waals surface area (Å²) in [7, 11) is 0. The Morgan fingerprint density at radius 2 is 1.80 bits per heavy atom. The second-order valence-corrected chi connectivity index (χ2v) is 7.86. The average molecular weight is 405 g/mol. The second kappa shape index (κ2) is 9.29. The number of rotatable bonds is 6. The number of hydrogen-bond acceptors (Lipinski definition) is 6. The summed E-state index contributed by atoms with van der Waals surface area (Å²) in [4.78, 5) is 17.0. The Morgan fingerprint density at radius 1 is 1.10 bits per heavy atom. The second-order valence-electron chi connectivity index (χ2n) is 7.86. The Bertz CT molecular complexity index is 931. The van der Waals surface area contributed by atoms with Crippen molar-refractivity contribution in [3.63, 3.8) is 0 Å². The van der Waals surface area contributed by atoms with E-state index in [0.717, 1.165) is 56.2 Å². The van der Waals surface area contributed by atoms with Gasteiger partial charge in [0.15, 0.2) is 17.7 Å². The molecule has 2 aliphatic rings. The molecule has 2 unspecified atom stereocenters. The number of ether oxygens (including phenoxy) is 2. The van der Waals surface area contributed by atoms with Gasteiger partial charge >= 0.3 is 0 Å². The predicted octanol–water partition coefficient (Wildman–Crippen LogP) is 3.04. The van der Waals surface area contributed by atoms with Gasteiger partial charge in [0, 0.05) is 32.1 Å². The number of piperazine rings is 1. The van der Waals surface area contributed by atoms with Crippen molar-refractivity contribution in [1.82, 2.24) is 9.80 Å². The zero-order chi connectivity index (χ0) is 20.9. The standard InChI is InChI=1S/C24H27N3O3/c1-18(28)20(21-7-3-2-6-19(21)16-25)10-11-26-12-14-27(15-13-26)24-17-29-22-8-4-5-9-23(22)30-24/h2-9,20,24H,10-15,17H2,1H3. The van der Waals surface area contributed by atoms with Crippen LogP contribution in [0.3, 0.4) is 0 Å². The topological polar surface area (TPSA) is 65.8 Å². The molecule has 0 aliphatic carbocycles. The first kappa shape index (κ1) is 20.4. The minimum absolute atomic E-state index is 0.0606. The fraction of sp³-hybridized carbons (Fsp3) is 0.417. The van der Waals surface area contributed by atoms with E-state index in [9.17, 15) is 10.1 Å². The van der Waals surface area contributed by atoms with Crippen molar-refractivity contribution < 1.29 is 14.3 Å². The molecule has 0 saturated carbocycles. The molecular weight excluding hydrogens is 378 g/mol. The van der Waals surface area contributed by atoms with Gasteiger partial charge in [0.2, 0.25) is 0 Å². The average Bonchev–Trinajstić information content (AvgIpc) is 2.79. The monoisotopic (exact) mass is 405 g/mol. The molecule has 6 heteroatoms. The molecule has 2 aromatic rings. The van der Waals surface area contributed by atoms with Crippen LogP contribution in [0.15, 0.2) is 48.5 Å². The lowest BCUT2D eigenvalue weighted by Crippen LogP contribution is -2.54. The molecule has 6 nitrogen and oxygen atoms in total. The summed E-state index contributed by atoms with van der Waals surface area (Å²) in [6.45, 7) is 6.63. The Kier molecular flexibility index (Phi) is 6.32. The van der Waals surface area contributed by atoms with Crippen LogP contribution < -0.4 is 9.47 Å². The zero-order valence-electron chi connectivity index (χ0n) is 17.3. The van der Waals surface area contributed by atoms with Gasteiger partial charge in [0.25, 0.3) is 0 Å². The van der Waals surface area contributed by atoms with Crippen LogP contribution in [0.25, 0.3) is 0 Å². The minimum Gasteiger partial charge on any atom is -0.484 e. The summed E-state index contributed by atoms with van der Waals surface area (Å²) in [5.41, 5.74) is 1.44. The van der Waals surface area contributed by atoms with Crippen molar-refractivity contribution >= 4 is 5.78 Å². The number of para-hydroxylation sites is 2. The van der Waals surface area contributed by atoms with Crippen molar-refractivity contribution in [3.05, 3.63) is 59.7 Å². The number of nitriles is 1. The maximum atomic E-state index is 12.3. The first-order chi connectivity index (χ1) is 14.7. The number of carbonyl (C=O) groups is 1. The maximum absolute atomic E-state index is 12.3. The zero-order valence-corrected chi connectivity index (χ0v) is 17.3. The quantitative estimate of drug-likeness (QED) is 0.736. The molecule has 0 aromatic heterocycles. The van der Waals surface area contributed by atoms with Gasteiger partial charge < -0.3 is 14.4 Å². The summed E-state index contributed by atoms with van der Waals surface area (Å²) >= 11 is 0. The van der Waals surface area contributed by atoms with Gasteiger partial charge in [-0.15, -0.1) is 0 Å². The van der Waals surface area contributed by atoms with Crippen LogP contribution in [0.2, 0.25) is 0 Å². The number of benzene rings is 2. The number of nitrogens with zero attached hydrogens (tertiary/aromatic N) is 3. The van der Waals surface area contributed by atoms with Crippen molar-refractivity contribution in [1.29, 1.82) is 5.26 Å². The summed E-state index contributed by atoms with van der Waals surface area (Å²) < 4.78 is 12.0. The molecule has 2 atom stereocenters. The maximum Gasteiger partial charge on any atom is 0.187 e. The predicted molar refractivity (Wildman–Crippen MR) is 114 cm³/mol. The van der Waals surface area contributed by atoms with Gasteiger partial charge in [0.1, 0.15) is 12.4 Å². The minimum atomic E-state index is -0.231. The molecule has 156 valence electrons. The third-order valence-electron chi connectivity index (χ3n) is 5.99. The van der Waals surface area contributed by atoms with E-state index < -0.39 is 0 Å². The molecular formula is C24H27N3O3. The molecule has 0 amide bonds. The van der Waals surface area contributed by atoms with Gasteiger partial charge in [0.05, 0.1) is 11.6 Å². The van der Waals surface area contributed by atoms with E-state index in [4.69, 9.17) is 9.47 Å². The van der Waals surface area contributed by atoms with Crippen molar-refractivity contribution in [3.8, 4) is 17.6 Å². The number of Topliss-reactive ketones (excluding diaryl/α,β-unsaturated/α-hetero) is 1. The van der Waals surface area contributed by atoms with E-state index in [1.807, 2.05) is 42.5 Å². The van der Waals surface area contributed by atoms with Gasteiger partial charge in [-0.3, -0.25) is 9.69 Å². The van der Waals surface area contributed by atoms with E-state index in [1.54, 1.807) is 13.0 Å². The molecule has 2 heterocycles. The van der Waals surface area contributed by atoms with Crippen LogP contribution in [0, 0.1) is 11.3 Å². The molecule has 1 saturated heterocycles. The molecule has 2 aromatic carbocycles. The molecule has 0 bridgehead atoms. The van der Waals surface area contributed by atoms with Crippen molar-refractivity contribution in [2.75, 3.05) is 39.3 Å². The van der Waals surface area contributed by atoms with E-state index in [1.165, 1.54) is 0 Å². The largest absolute Gasteiger partial charge is 0.484 e. The van der Waals surface area contributed by atoms with Crippen LogP contribution in [0.4, 0.5) is 0 Å². The molecule has 2 aliphatic heterocycles. The van der Waals surface area contributed by atoms with Gasteiger partial charge in [-0.25, -0.2) is 0 Å². The third kappa shape index (κ3) is 4.48. The Morgan fingerprint density at radius 3 is 2.53 bits per heavy atom. The SMILES string of the molecule is CC(=O)C(CCN1CCN(C2COc3ccccc3O2)CC1)c1ccccc1C#N. The van der Waals surface area contributed by atoms with Crippen LogP contribution in [0.5, 0.6) is 11.5 Å². The molecule has 1 fully saturated rings. The summed E-state index contributed by atoms with van der Waals surface area (Å²) in [5, 5.41) is 9.38. The Labute approximate surface area is 177 Å². The highest BCUT2D eigenvalue weighted by atomic mass is 16.6. The smallest absolute Gasteiger partial charge is 0.187 e. The normalized spacial score (nSPS) is 20.3. The highest BCUT2D eigenvalue weighted by molar-refractivity contribution is 5.84. The number of carbonyl (C=O) groups excluding carboxylic acids is 1. The lowest BCUT2D eigenvalue weighted by Gasteiger charge is -2.40. The van der Waals surface area contributed by atoms with E-state index in [2.05, 4.69) is 15.9 Å². The molecule has 0 radical (unpaired) electrons. The molecule has 0 N–H and O–H groups in total. The van der Waals surface area contributed by atoms with Crippen molar-refractivity contribution in [2.24, 2.45) is 0 Å². The number of ketones is 1. The van der Waals surface area contributed by atoms with Crippen LogP contribution in [0.1, 0.15) is 30.4 Å². The first-order valence-electron chi connectivity index (χ1n) is 10.5. The third-order valence-corrected chi connectivity index (χ3v) is 5.99. The van der Waals surface area contributed by atoms with Gasteiger partial charge in [-0.05, 0) is 43.7 Å². The van der Waals surface area contributed by atoms with Gasteiger partial charge in [-0.2, -0.15) is 5.26 Å². The first-order valence-corrected chi connectivity index (χ1v) is 10.5. The lowest BCUT2D eigenvalue weighted by atomic mass is 9.89. The highest BCUT2D eigenvalue weighted by Crippen LogP contribution is 2.32. The Hall–Kier alpha value is -2.88. The van der Waals surface area contributed by atoms with Crippen LogP contribution >= 0.6 is 0 Å². The number of fused-ring (bicyclic) bond motifs is 1. The van der Waals surface area contributed by atoms with E-state index in [-0.39, 0.29) is 17.9 Å². The lowest BCUT2D eigenvalue weighted by molar-refractivity contribution is -0.118. The fourth-order valence-corrected chi connectivity index (χ4v) is 4.26. The molecule has 30 heavy (non-hydrogen) atoms. The fourth-order valence-electron chi connectivity index (χ4n) is 4.26. The Balaban J connectivity index is 1.30. The van der Waals surface area contributed by atoms with Crippen LogP contribution in [-0.4, -0.2) is 61.1 Å². The van der Waals surface area contributed by atoms with Gasteiger partial charge in [-0.1, -0.05) is 30.3 Å². The number of hydrogen-bond donors (Lipinski definition) is 0. The molecule has 0 spiro atoms. The highest BCUT2D eigenvalue weighted by Gasteiger charge is 2.30.